The van der Waals surface area contributed by atoms with Gasteiger partial charge in [0.25, 0.3) is 5.91 Å². The molecule has 0 radical (unpaired) electrons. The molecule has 27 heavy (non-hydrogen) atoms. The number of piperidine rings is 1. The summed E-state index contributed by atoms with van der Waals surface area (Å²) in [7, 11) is 0. The van der Waals surface area contributed by atoms with Crippen molar-refractivity contribution in [1.82, 2.24) is 19.7 Å². The van der Waals surface area contributed by atoms with Crippen LogP contribution in [0.25, 0.3) is 5.69 Å². The van der Waals surface area contributed by atoms with Gasteiger partial charge in [-0.2, -0.15) is 0 Å². The highest BCUT2D eigenvalue weighted by Crippen LogP contribution is 2.24. The summed E-state index contributed by atoms with van der Waals surface area (Å²) in [5.41, 5.74) is 3.11. The Hall–Kier alpha value is -2.95. The zero-order chi connectivity index (χ0) is 18.5. The molecule has 3 aromatic rings. The summed E-state index contributed by atoms with van der Waals surface area (Å²) in [5.74, 6) is 0.845. The van der Waals surface area contributed by atoms with Gasteiger partial charge in [0.1, 0.15) is 12.7 Å². The van der Waals surface area contributed by atoms with Crippen LogP contribution in [-0.4, -0.2) is 38.7 Å². The van der Waals surface area contributed by atoms with E-state index in [4.69, 9.17) is 0 Å². The normalized spacial score (nSPS) is 15.0. The van der Waals surface area contributed by atoms with E-state index in [9.17, 15) is 4.79 Å². The van der Waals surface area contributed by atoms with E-state index >= 15 is 0 Å². The Labute approximate surface area is 159 Å². The fourth-order valence-corrected chi connectivity index (χ4v) is 3.73. The molecule has 1 aromatic heterocycles. The predicted molar refractivity (Wildman–Crippen MR) is 105 cm³/mol. The van der Waals surface area contributed by atoms with E-state index in [-0.39, 0.29) is 5.91 Å². The molecule has 0 atom stereocenters. The van der Waals surface area contributed by atoms with Crippen LogP contribution in [0.4, 0.5) is 0 Å². The number of carbonyl (C=O) groups excluding carboxylic acids is 1. The molecule has 138 valence electrons. The first-order chi connectivity index (χ1) is 13.3. The van der Waals surface area contributed by atoms with Crippen molar-refractivity contribution in [2.45, 2.75) is 25.7 Å². The van der Waals surface area contributed by atoms with Crippen LogP contribution < -0.4 is 0 Å². The molecule has 1 aliphatic heterocycles. The van der Waals surface area contributed by atoms with E-state index in [1.807, 2.05) is 33.7 Å². The van der Waals surface area contributed by atoms with Crippen LogP contribution in [0.15, 0.2) is 67.3 Å². The maximum Gasteiger partial charge on any atom is 0.253 e. The molecule has 4 rings (SSSR count). The van der Waals surface area contributed by atoms with Crippen molar-refractivity contribution < 1.29 is 4.79 Å². The summed E-state index contributed by atoms with van der Waals surface area (Å²) in [6.07, 6.45) is 7.83. The highest BCUT2D eigenvalue weighted by Gasteiger charge is 2.23. The van der Waals surface area contributed by atoms with Crippen molar-refractivity contribution in [3.8, 4) is 5.69 Å². The first kappa shape index (κ1) is 17.5. The van der Waals surface area contributed by atoms with Gasteiger partial charge in [-0.05, 0) is 61.4 Å². The molecule has 0 saturated carbocycles. The molecule has 0 N–H and O–H groups in total. The molecule has 5 heteroatoms. The third-order valence-corrected chi connectivity index (χ3v) is 5.42. The third kappa shape index (κ3) is 4.25. The number of likely N-dealkylation sites (tertiary alicyclic amines) is 1. The molecule has 5 nitrogen and oxygen atoms in total. The minimum absolute atomic E-state index is 0.131. The average molecular weight is 360 g/mol. The Kier molecular flexibility index (Phi) is 5.28. The quantitative estimate of drug-likeness (QED) is 0.696. The van der Waals surface area contributed by atoms with E-state index in [1.54, 1.807) is 12.7 Å². The van der Waals surface area contributed by atoms with E-state index in [1.165, 1.54) is 12.0 Å². The maximum absolute atomic E-state index is 12.8. The minimum atomic E-state index is 0.131. The second-order valence-electron chi connectivity index (χ2n) is 7.18. The first-order valence-electron chi connectivity index (χ1n) is 9.58. The van der Waals surface area contributed by atoms with E-state index in [2.05, 4.69) is 40.5 Å². The lowest BCUT2D eigenvalue weighted by Crippen LogP contribution is -2.38. The number of rotatable bonds is 5. The summed E-state index contributed by atoms with van der Waals surface area (Å²) < 4.78 is 1.83. The van der Waals surface area contributed by atoms with Gasteiger partial charge >= 0.3 is 0 Å². The molecule has 0 bridgehead atoms. The van der Waals surface area contributed by atoms with Crippen LogP contribution in [0.2, 0.25) is 0 Å². The van der Waals surface area contributed by atoms with Gasteiger partial charge in [0.15, 0.2) is 0 Å². The van der Waals surface area contributed by atoms with Crippen molar-refractivity contribution in [3.05, 3.63) is 78.4 Å². The predicted octanol–water partition coefficient (Wildman–Crippen LogP) is 3.75. The monoisotopic (exact) mass is 360 g/mol. The number of hydrogen-bond donors (Lipinski definition) is 0. The van der Waals surface area contributed by atoms with Crippen LogP contribution in [-0.2, 0) is 6.42 Å². The molecule has 0 unspecified atom stereocenters. The number of nitrogens with zero attached hydrogens (tertiary/aromatic N) is 4. The SMILES string of the molecule is O=C(c1ccc(-n2cnnc2)cc1)N1CCC(CCc2ccccc2)CC1. The van der Waals surface area contributed by atoms with E-state index < -0.39 is 0 Å². The van der Waals surface area contributed by atoms with Crippen molar-refractivity contribution in [2.24, 2.45) is 5.92 Å². The van der Waals surface area contributed by atoms with Gasteiger partial charge in [0, 0.05) is 24.3 Å². The smallest absolute Gasteiger partial charge is 0.253 e. The number of benzene rings is 2. The summed E-state index contributed by atoms with van der Waals surface area (Å²) >= 11 is 0. The van der Waals surface area contributed by atoms with Crippen molar-refractivity contribution in [2.75, 3.05) is 13.1 Å². The molecule has 1 amide bonds. The summed E-state index contributed by atoms with van der Waals surface area (Å²) in [5, 5.41) is 7.62. The van der Waals surface area contributed by atoms with Gasteiger partial charge in [0.05, 0.1) is 0 Å². The standard InChI is InChI=1S/C22H24N4O/c27-22(20-8-10-21(11-9-20)26-16-23-24-17-26)25-14-12-19(13-15-25)7-6-18-4-2-1-3-5-18/h1-5,8-11,16-17,19H,6-7,12-15H2. The Bertz CT molecular complexity index is 851. The van der Waals surface area contributed by atoms with Gasteiger partial charge in [-0.3, -0.25) is 9.36 Å². The molecule has 2 heterocycles. The molecular formula is C22H24N4O. The highest BCUT2D eigenvalue weighted by atomic mass is 16.2. The van der Waals surface area contributed by atoms with Crippen molar-refractivity contribution in [1.29, 1.82) is 0 Å². The lowest BCUT2D eigenvalue weighted by atomic mass is 9.90. The molecular weight excluding hydrogens is 336 g/mol. The average Bonchev–Trinajstić information content (AvgIpc) is 3.28. The Balaban J connectivity index is 1.29. The second-order valence-corrected chi connectivity index (χ2v) is 7.18. The van der Waals surface area contributed by atoms with Gasteiger partial charge < -0.3 is 4.90 Å². The zero-order valence-electron chi connectivity index (χ0n) is 15.4. The molecule has 1 fully saturated rings. The zero-order valence-corrected chi connectivity index (χ0v) is 15.4. The topological polar surface area (TPSA) is 51.0 Å². The van der Waals surface area contributed by atoms with Crippen molar-refractivity contribution >= 4 is 5.91 Å². The Morgan fingerprint density at radius 2 is 1.59 bits per heavy atom. The van der Waals surface area contributed by atoms with Crippen LogP contribution in [0.5, 0.6) is 0 Å². The van der Waals surface area contributed by atoms with E-state index in [0.717, 1.165) is 43.6 Å². The highest BCUT2D eigenvalue weighted by molar-refractivity contribution is 5.94. The fourth-order valence-electron chi connectivity index (χ4n) is 3.73. The van der Waals surface area contributed by atoms with Gasteiger partial charge in [-0.15, -0.1) is 10.2 Å². The Morgan fingerprint density at radius 1 is 0.926 bits per heavy atom. The van der Waals surface area contributed by atoms with Crippen LogP contribution in [0.3, 0.4) is 0 Å². The number of carbonyl (C=O) groups is 1. The second kappa shape index (κ2) is 8.16. The number of hydrogen-bond acceptors (Lipinski definition) is 3. The van der Waals surface area contributed by atoms with Gasteiger partial charge in [0.2, 0.25) is 0 Å². The summed E-state index contributed by atoms with van der Waals surface area (Å²) in [6.45, 7) is 1.71. The number of aromatic nitrogens is 3. The maximum atomic E-state index is 12.8. The van der Waals surface area contributed by atoms with Gasteiger partial charge in [-0.25, -0.2) is 0 Å². The number of aryl methyl sites for hydroxylation is 1. The lowest BCUT2D eigenvalue weighted by Gasteiger charge is -2.32. The lowest BCUT2D eigenvalue weighted by molar-refractivity contribution is 0.0687. The van der Waals surface area contributed by atoms with Crippen LogP contribution >= 0.6 is 0 Å². The van der Waals surface area contributed by atoms with Crippen molar-refractivity contribution in [3.63, 3.8) is 0 Å². The molecule has 1 saturated heterocycles. The molecule has 0 spiro atoms. The van der Waals surface area contributed by atoms with Crippen LogP contribution in [0.1, 0.15) is 35.2 Å². The minimum Gasteiger partial charge on any atom is -0.339 e. The van der Waals surface area contributed by atoms with E-state index in [0.29, 0.717) is 5.92 Å². The number of amides is 1. The largest absolute Gasteiger partial charge is 0.339 e. The third-order valence-electron chi connectivity index (χ3n) is 5.42. The summed E-state index contributed by atoms with van der Waals surface area (Å²) in [6, 6.07) is 18.3. The Morgan fingerprint density at radius 3 is 2.26 bits per heavy atom. The fraction of sp³-hybridized carbons (Fsp3) is 0.318. The summed E-state index contributed by atoms with van der Waals surface area (Å²) in [4.78, 5) is 14.8. The van der Waals surface area contributed by atoms with Crippen LogP contribution in [0, 0.1) is 5.92 Å². The molecule has 1 aliphatic rings. The first-order valence-corrected chi connectivity index (χ1v) is 9.58. The molecule has 2 aromatic carbocycles. The molecule has 0 aliphatic carbocycles. The van der Waals surface area contributed by atoms with Gasteiger partial charge in [-0.1, -0.05) is 30.3 Å².